The van der Waals surface area contributed by atoms with Gasteiger partial charge >= 0.3 is 0 Å². The first kappa shape index (κ1) is 22.2. The van der Waals surface area contributed by atoms with E-state index >= 15 is 0 Å². The summed E-state index contributed by atoms with van der Waals surface area (Å²) in [6.45, 7) is 4.30. The summed E-state index contributed by atoms with van der Waals surface area (Å²) in [5.41, 5.74) is 0.675. The molecule has 1 N–H and O–H groups in total. The maximum absolute atomic E-state index is 13.5. The van der Waals surface area contributed by atoms with Crippen molar-refractivity contribution in [2.45, 2.75) is 12.5 Å². The van der Waals surface area contributed by atoms with E-state index in [2.05, 4.69) is 0 Å². The number of ether oxygens (including phenoxy) is 1. The number of hydrogen-bond acceptors (Lipinski definition) is 4. The topological polar surface area (TPSA) is 68.1 Å². The number of ketones is 2. The van der Waals surface area contributed by atoms with Crippen molar-refractivity contribution < 1.29 is 32.8 Å². The average molecular weight is 443 g/mol. The van der Waals surface area contributed by atoms with E-state index in [0.29, 0.717) is 31.7 Å². The summed E-state index contributed by atoms with van der Waals surface area (Å²) >= 11 is 0. The molecule has 1 amide bonds. The molecule has 0 spiro atoms. The van der Waals surface area contributed by atoms with E-state index in [1.165, 1.54) is 46.2 Å². The van der Waals surface area contributed by atoms with Gasteiger partial charge in [0.15, 0.2) is 5.78 Å². The van der Waals surface area contributed by atoms with Crippen molar-refractivity contribution in [3.63, 3.8) is 0 Å². The fourth-order valence-corrected chi connectivity index (χ4v) is 4.46. The van der Waals surface area contributed by atoms with E-state index in [-0.39, 0.29) is 5.56 Å². The van der Waals surface area contributed by atoms with Gasteiger partial charge in [-0.3, -0.25) is 14.4 Å². The molecular formula is C24H25F2N2O4+. The molecule has 2 unspecified atom stereocenters. The van der Waals surface area contributed by atoms with Crippen LogP contribution in [0.4, 0.5) is 8.78 Å². The average Bonchev–Trinajstić information content (AvgIpc) is 3.05. The molecule has 2 aromatic rings. The van der Waals surface area contributed by atoms with Gasteiger partial charge in [0.05, 0.1) is 25.8 Å². The van der Waals surface area contributed by atoms with E-state index in [0.717, 1.165) is 31.8 Å². The molecule has 6 nitrogen and oxygen atoms in total. The summed E-state index contributed by atoms with van der Waals surface area (Å²) in [6, 6.07) is 9.56. The Labute approximate surface area is 184 Å². The van der Waals surface area contributed by atoms with Crippen LogP contribution >= 0.6 is 0 Å². The van der Waals surface area contributed by atoms with Crippen molar-refractivity contribution in [2.24, 2.45) is 5.92 Å². The van der Waals surface area contributed by atoms with Gasteiger partial charge in [0.25, 0.3) is 5.91 Å². The van der Waals surface area contributed by atoms with Crippen LogP contribution in [0, 0.1) is 17.6 Å². The number of hydrogen-bond donors (Lipinski definition) is 1. The molecule has 2 aliphatic heterocycles. The third-order valence-electron chi connectivity index (χ3n) is 6.16. The standard InChI is InChI=1S/C24H24F2N2O4/c25-18-6-2-16(3-7-18)21-20(22(29)17-4-8-19(26)9-5-17)23(30)24(31)28(21)11-1-10-27-12-14-32-15-13-27/h2-9,20-21H,1,10-15H2/p+1. The molecule has 0 bridgehead atoms. The van der Waals surface area contributed by atoms with Crippen LogP contribution in [0.1, 0.15) is 28.4 Å². The fourth-order valence-electron chi connectivity index (χ4n) is 4.46. The van der Waals surface area contributed by atoms with Gasteiger partial charge in [-0.25, -0.2) is 8.78 Å². The Bertz CT molecular complexity index is 988. The second-order valence-corrected chi connectivity index (χ2v) is 8.17. The molecular weight excluding hydrogens is 418 g/mol. The van der Waals surface area contributed by atoms with Gasteiger partial charge < -0.3 is 14.5 Å². The molecule has 2 atom stereocenters. The lowest BCUT2D eigenvalue weighted by atomic mass is 9.86. The third-order valence-corrected chi connectivity index (χ3v) is 6.16. The smallest absolute Gasteiger partial charge is 0.291 e. The summed E-state index contributed by atoms with van der Waals surface area (Å²) in [4.78, 5) is 41.8. The van der Waals surface area contributed by atoms with Crippen LogP contribution in [0.2, 0.25) is 0 Å². The van der Waals surface area contributed by atoms with Gasteiger partial charge in [0.1, 0.15) is 30.6 Å². The lowest BCUT2D eigenvalue weighted by molar-refractivity contribution is -0.908. The van der Waals surface area contributed by atoms with Crippen molar-refractivity contribution in [1.82, 2.24) is 4.90 Å². The van der Waals surface area contributed by atoms with Crippen LogP contribution in [-0.4, -0.2) is 61.8 Å². The van der Waals surface area contributed by atoms with Crippen LogP contribution in [0.5, 0.6) is 0 Å². The Morgan fingerprint density at radius 1 is 0.969 bits per heavy atom. The molecule has 32 heavy (non-hydrogen) atoms. The van der Waals surface area contributed by atoms with Crippen LogP contribution in [0.15, 0.2) is 48.5 Å². The summed E-state index contributed by atoms with van der Waals surface area (Å²) in [6.07, 6.45) is 0.656. The molecule has 0 aromatic heterocycles. The minimum absolute atomic E-state index is 0.157. The maximum Gasteiger partial charge on any atom is 0.291 e. The number of likely N-dealkylation sites (tertiary alicyclic amines) is 1. The van der Waals surface area contributed by atoms with Crippen molar-refractivity contribution >= 4 is 17.5 Å². The summed E-state index contributed by atoms with van der Waals surface area (Å²) < 4.78 is 32.2. The highest BCUT2D eigenvalue weighted by Gasteiger charge is 2.51. The summed E-state index contributed by atoms with van der Waals surface area (Å²) in [7, 11) is 0. The first-order valence-electron chi connectivity index (χ1n) is 10.8. The largest absolute Gasteiger partial charge is 0.370 e. The van der Waals surface area contributed by atoms with E-state index in [4.69, 9.17) is 4.74 Å². The van der Waals surface area contributed by atoms with Crippen LogP contribution in [0.25, 0.3) is 0 Å². The predicted molar refractivity (Wildman–Crippen MR) is 111 cm³/mol. The lowest BCUT2D eigenvalue weighted by Crippen LogP contribution is -3.14. The molecule has 168 valence electrons. The summed E-state index contributed by atoms with van der Waals surface area (Å²) in [5.74, 6) is -4.25. The number of nitrogens with one attached hydrogen (secondary N) is 1. The number of carbonyl (C=O) groups is 3. The molecule has 2 aromatic carbocycles. The van der Waals surface area contributed by atoms with Gasteiger partial charge in [-0.15, -0.1) is 0 Å². The molecule has 8 heteroatoms. The number of benzene rings is 2. The Kier molecular flexibility index (Phi) is 6.72. The Balaban J connectivity index is 1.60. The van der Waals surface area contributed by atoms with Gasteiger partial charge in [-0.05, 0) is 42.0 Å². The van der Waals surface area contributed by atoms with Gasteiger partial charge in [-0.2, -0.15) is 0 Å². The monoisotopic (exact) mass is 443 g/mol. The van der Waals surface area contributed by atoms with Crippen molar-refractivity contribution in [2.75, 3.05) is 39.4 Å². The first-order valence-corrected chi connectivity index (χ1v) is 10.8. The number of morpholine rings is 1. The fraction of sp³-hybridized carbons (Fsp3) is 0.375. The predicted octanol–water partition coefficient (Wildman–Crippen LogP) is 1.22. The SMILES string of the molecule is O=C1C(=O)N(CCC[NH+]2CCOCC2)C(c2ccc(F)cc2)C1C(=O)c1ccc(F)cc1. The zero-order valence-corrected chi connectivity index (χ0v) is 17.6. The molecule has 4 rings (SSSR count). The molecule has 2 heterocycles. The lowest BCUT2D eigenvalue weighted by Gasteiger charge is -2.28. The molecule has 0 radical (unpaired) electrons. The van der Waals surface area contributed by atoms with Crippen LogP contribution in [0.3, 0.4) is 0 Å². The zero-order chi connectivity index (χ0) is 22.7. The number of halogens is 2. The maximum atomic E-state index is 13.5. The highest BCUT2D eigenvalue weighted by Crippen LogP contribution is 2.38. The highest BCUT2D eigenvalue weighted by molar-refractivity contribution is 6.44. The number of carbonyl (C=O) groups excluding carboxylic acids is 3. The molecule has 0 saturated carbocycles. The van der Waals surface area contributed by atoms with E-state index in [9.17, 15) is 23.2 Å². The van der Waals surface area contributed by atoms with E-state index in [1.807, 2.05) is 0 Å². The molecule has 2 aliphatic rings. The Hall–Kier alpha value is -2.97. The Morgan fingerprint density at radius 3 is 2.19 bits per heavy atom. The minimum Gasteiger partial charge on any atom is -0.370 e. The highest BCUT2D eigenvalue weighted by atomic mass is 19.1. The van der Waals surface area contributed by atoms with Gasteiger partial charge in [0, 0.05) is 18.5 Å². The van der Waals surface area contributed by atoms with Crippen molar-refractivity contribution in [1.29, 1.82) is 0 Å². The minimum atomic E-state index is -1.26. The molecule has 2 saturated heterocycles. The van der Waals surface area contributed by atoms with Crippen molar-refractivity contribution in [3.8, 4) is 0 Å². The number of nitrogens with zero attached hydrogens (tertiary/aromatic N) is 1. The number of Topliss-reactive ketones (excluding diaryl/α,β-unsaturated/α-hetero) is 2. The molecule has 0 aliphatic carbocycles. The summed E-state index contributed by atoms with van der Waals surface area (Å²) in [5, 5.41) is 0. The number of amides is 1. The second-order valence-electron chi connectivity index (χ2n) is 8.17. The zero-order valence-electron chi connectivity index (χ0n) is 17.6. The Morgan fingerprint density at radius 2 is 1.56 bits per heavy atom. The van der Waals surface area contributed by atoms with Crippen LogP contribution in [-0.2, 0) is 14.3 Å². The van der Waals surface area contributed by atoms with Gasteiger partial charge in [0.2, 0.25) is 5.78 Å². The normalized spacial score (nSPS) is 21.9. The number of rotatable bonds is 7. The first-order chi connectivity index (χ1) is 15.5. The van der Waals surface area contributed by atoms with E-state index in [1.54, 1.807) is 0 Å². The second kappa shape index (κ2) is 9.67. The van der Waals surface area contributed by atoms with E-state index < -0.39 is 41.1 Å². The van der Waals surface area contributed by atoms with Crippen molar-refractivity contribution in [3.05, 3.63) is 71.3 Å². The number of quaternary nitrogens is 1. The molecule has 2 fully saturated rings. The van der Waals surface area contributed by atoms with Gasteiger partial charge in [-0.1, -0.05) is 12.1 Å². The third kappa shape index (κ3) is 4.61. The quantitative estimate of drug-likeness (QED) is 0.397. The van der Waals surface area contributed by atoms with Crippen LogP contribution < -0.4 is 4.90 Å².